The largest absolute Gasteiger partial charge is 0.502 e. The van der Waals surface area contributed by atoms with E-state index in [-0.39, 0.29) is 18.2 Å². The highest BCUT2D eigenvalue weighted by molar-refractivity contribution is 5.85. The number of aromatic hydroxyl groups is 1. The summed E-state index contributed by atoms with van der Waals surface area (Å²) in [7, 11) is 4.06. The van der Waals surface area contributed by atoms with Gasteiger partial charge in [0, 0.05) is 6.54 Å². The van der Waals surface area contributed by atoms with E-state index >= 15 is 0 Å². The molecule has 0 saturated carbocycles. The molecule has 0 aliphatic heterocycles. The molecule has 0 radical (unpaired) electrons. The second-order valence-corrected chi connectivity index (χ2v) is 7.00. The minimum atomic E-state index is 0. The molecule has 0 atom stereocenters. The average molecular weight is 388 g/mol. The summed E-state index contributed by atoms with van der Waals surface area (Å²) >= 11 is 0. The van der Waals surface area contributed by atoms with Crippen molar-refractivity contribution in [3.8, 4) is 17.2 Å². The quantitative estimate of drug-likeness (QED) is 0.410. The highest BCUT2D eigenvalue weighted by atomic mass is 35.5. The smallest absolute Gasteiger partial charge is 0.200 e. The van der Waals surface area contributed by atoms with E-state index in [9.17, 15) is 5.11 Å². The van der Waals surface area contributed by atoms with Crippen LogP contribution in [0.4, 0.5) is 0 Å². The van der Waals surface area contributed by atoms with Crippen molar-refractivity contribution in [2.45, 2.75) is 71.8 Å². The minimum Gasteiger partial charge on any atom is -0.502 e. The van der Waals surface area contributed by atoms with E-state index in [1.165, 1.54) is 25.7 Å². The zero-order chi connectivity index (χ0) is 18.5. The molecule has 26 heavy (non-hydrogen) atoms. The maximum atomic E-state index is 10.5. The molecular weight excluding hydrogens is 350 g/mol. The Balaban J connectivity index is 0.00000625. The third kappa shape index (κ3) is 10.1. The Morgan fingerprint density at radius 1 is 0.808 bits per heavy atom. The van der Waals surface area contributed by atoms with Crippen LogP contribution in [0.15, 0.2) is 12.1 Å². The van der Waals surface area contributed by atoms with Crippen LogP contribution in [0, 0.1) is 0 Å². The van der Waals surface area contributed by atoms with Crippen molar-refractivity contribution in [3.63, 3.8) is 0 Å². The van der Waals surface area contributed by atoms with Gasteiger partial charge < -0.3 is 19.5 Å². The van der Waals surface area contributed by atoms with E-state index in [2.05, 4.69) is 18.7 Å². The second kappa shape index (κ2) is 15.0. The maximum Gasteiger partial charge on any atom is 0.200 e. The molecule has 4 nitrogen and oxygen atoms in total. The van der Waals surface area contributed by atoms with Crippen LogP contribution in [0.5, 0.6) is 17.2 Å². The summed E-state index contributed by atoms with van der Waals surface area (Å²) in [6, 6.07) is 3.86. The van der Waals surface area contributed by atoms with Gasteiger partial charge in [0.2, 0.25) is 5.75 Å². The number of benzene rings is 1. The van der Waals surface area contributed by atoms with E-state index in [1.54, 1.807) is 0 Å². The van der Waals surface area contributed by atoms with Gasteiger partial charge in [0.1, 0.15) is 0 Å². The molecule has 0 bridgehead atoms. The molecule has 0 aliphatic carbocycles. The number of hydrogen-bond acceptors (Lipinski definition) is 4. The van der Waals surface area contributed by atoms with Gasteiger partial charge >= 0.3 is 0 Å². The Bertz CT molecular complexity index is 445. The van der Waals surface area contributed by atoms with Crippen LogP contribution in [-0.4, -0.2) is 37.3 Å². The zero-order valence-corrected chi connectivity index (χ0v) is 17.9. The van der Waals surface area contributed by atoms with Crippen molar-refractivity contribution < 1.29 is 14.6 Å². The lowest BCUT2D eigenvalue weighted by molar-refractivity contribution is 0.263. The van der Waals surface area contributed by atoms with Crippen LogP contribution < -0.4 is 9.47 Å². The molecule has 0 aliphatic rings. The highest BCUT2D eigenvalue weighted by Crippen LogP contribution is 2.38. The first-order valence-electron chi connectivity index (χ1n) is 9.84. The Morgan fingerprint density at radius 3 is 1.65 bits per heavy atom. The van der Waals surface area contributed by atoms with Gasteiger partial charge in [-0.05, 0) is 44.6 Å². The van der Waals surface area contributed by atoms with Crippen LogP contribution in [-0.2, 0) is 6.54 Å². The fraction of sp³-hybridized carbons (Fsp3) is 0.714. The molecule has 1 aromatic rings. The van der Waals surface area contributed by atoms with Gasteiger partial charge in [0.05, 0.1) is 13.2 Å². The van der Waals surface area contributed by atoms with Crippen molar-refractivity contribution in [1.29, 1.82) is 0 Å². The van der Waals surface area contributed by atoms with Crippen molar-refractivity contribution in [2.75, 3.05) is 27.3 Å². The number of rotatable bonds is 14. The third-order valence-corrected chi connectivity index (χ3v) is 4.11. The monoisotopic (exact) mass is 387 g/mol. The Kier molecular flexibility index (Phi) is 14.3. The number of unbranched alkanes of at least 4 members (excludes halogenated alkanes) is 6. The zero-order valence-electron chi connectivity index (χ0n) is 17.1. The summed E-state index contributed by atoms with van der Waals surface area (Å²) in [6.07, 6.45) is 9.21. The van der Waals surface area contributed by atoms with Gasteiger partial charge in [0.15, 0.2) is 11.5 Å². The number of ether oxygens (including phenoxy) is 2. The summed E-state index contributed by atoms with van der Waals surface area (Å²) in [6.45, 7) is 6.45. The third-order valence-electron chi connectivity index (χ3n) is 4.11. The summed E-state index contributed by atoms with van der Waals surface area (Å²) in [4.78, 5) is 2.10. The van der Waals surface area contributed by atoms with Crippen LogP contribution in [0.2, 0.25) is 0 Å². The van der Waals surface area contributed by atoms with Gasteiger partial charge in [-0.15, -0.1) is 12.4 Å². The number of hydrogen-bond donors (Lipinski definition) is 1. The lowest BCUT2D eigenvalue weighted by Crippen LogP contribution is -2.11. The first-order valence-corrected chi connectivity index (χ1v) is 9.84. The summed E-state index contributed by atoms with van der Waals surface area (Å²) in [5.41, 5.74) is 1.09. The van der Waals surface area contributed by atoms with E-state index in [4.69, 9.17) is 9.47 Å². The van der Waals surface area contributed by atoms with Crippen molar-refractivity contribution >= 4 is 12.4 Å². The van der Waals surface area contributed by atoms with E-state index in [1.807, 2.05) is 26.2 Å². The SMILES string of the molecule is CCCCCCOc1cc(CN(C)C)cc(OCCCCCC)c1O.Cl. The predicted octanol–water partition coefficient (Wildman–Crippen LogP) is 5.79. The van der Waals surface area contributed by atoms with Gasteiger partial charge in [-0.3, -0.25) is 0 Å². The van der Waals surface area contributed by atoms with Gasteiger partial charge in [0.25, 0.3) is 0 Å². The Morgan fingerprint density at radius 2 is 1.27 bits per heavy atom. The second-order valence-electron chi connectivity index (χ2n) is 7.00. The number of nitrogens with zero attached hydrogens (tertiary/aromatic N) is 1. The maximum absolute atomic E-state index is 10.5. The Hall–Kier alpha value is -1.13. The average Bonchev–Trinajstić information content (AvgIpc) is 2.57. The molecule has 152 valence electrons. The highest BCUT2D eigenvalue weighted by Gasteiger charge is 2.13. The summed E-state index contributed by atoms with van der Waals surface area (Å²) in [5.74, 6) is 1.22. The predicted molar refractivity (Wildman–Crippen MR) is 112 cm³/mol. The fourth-order valence-corrected chi connectivity index (χ4v) is 2.73. The van der Waals surface area contributed by atoms with E-state index in [0.29, 0.717) is 24.7 Å². The number of phenolic OH excluding ortho intramolecular Hbond substituents is 1. The topological polar surface area (TPSA) is 41.9 Å². The molecule has 0 fully saturated rings. The first kappa shape index (κ1) is 24.9. The molecule has 0 aromatic heterocycles. The van der Waals surface area contributed by atoms with Crippen LogP contribution >= 0.6 is 12.4 Å². The molecular formula is C21H38ClNO3. The van der Waals surface area contributed by atoms with E-state index < -0.39 is 0 Å². The molecule has 1 rings (SSSR count). The van der Waals surface area contributed by atoms with Gasteiger partial charge in [-0.2, -0.15) is 0 Å². The van der Waals surface area contributed by atoms with E-state index in [0.717, 1.165) is 37.8 Å². The molecule has 1 N–H and O–H groups in total. The number of phenols is 1. The van der Waals surface area contributed by atoms with Gasteiger partial charge in [-0.1, -0.05) is 52.4 Å². The molecule has 0 heterocycles. The standard InChI is InChI=1S/C21H37NO3.ClH/c1-5-7-9-11-13-24-19-15-18(17-22(3)4)16-20(21(19)23)25-14-12-10-8-6-2;/h15-16,23H,5-14,17H2,1-4H3;1H. The fourth-order valence-electron chi connectivity index (χ4n) is 2.73. The molecule has 1 aromatic carbocycles. The van der Waals surface area contributed by atoms with Crippen molar-refractivity contribution in [2.24, 2.45) is 0 Å². The van der Waals surface area contributed by atoms with Crippen LogP contribution in [0.1, 0.15) is 70.8 Å². The summed E-state index contributed by atoms with van der Waals surface area (Å²) in [5, 5.41) is 10.5. The molecule has 0 unspecified atom stereocenters. The lowest BCUT2D eigenvalue weighted by Gasteiger charge is -2.17. The van der Waals surface area contributed by atoms with Crippen molar-refractivity contribution in [1.82, 2.24) is 4.90 Å². The lowest BCUT2D eigenvalue weighted by atomic mass is 10.1. The first-order chi connectivity index (χ1) is 12.1. The summed E-state index contributed by atoms with van der Waals surface area (Å²) < 4.78 is 11.7. The van der Waals surface area contributed by atoms with Crippen LogP contribution in [0.25, 0.3) is 0 Å². The molecule has 0 saturated heterocycles. The van der Waals surface area contributed by atoms with Crippen LogP contribution in [0.3, 0.4) is 0 Å². The molecule has 5 heteroatoms. The normalized spacial score (nSPS) is 10.7. The van der Waals surface area contributed by atoms with Gasteiger partial charge in [-0.25, -0.2) is 0 Å². The Labute approximate surface area is 166 Å². The molecule has 0 spiro atoms. The van der Waals surface area contributed by atoms with Crippen molar-refractivity contribution in [3.05, 3.63) is 17.7 Å². The minimum absolute atomic E-state index is 0. The number of halogens is 1. The molecule has 0 amide bonds.